The Labute approximate surface area is 867 Å². The lowest BCUT2D eigenvalue weighted by Gasteiger charge is -2.29. The van der Waals surface area contributed by atoms with Crippen molar-refractivity contribution in [3.05, 3.63) is 59.7 Å². The minimum Gasteiger partial charge on any atom is -0.480 e. The average Bonchev–Trinajstić information content (AvgIpc) is 1.61. The van der Waals surface area contributed by atoms with E-state index in [4.69, 9.17) is 52.1 Å². The number of esters is 10. The minimum atomic E-state index is -2.07. The van der Waals surface area contributed by atoms with Crippen molar-refractivity contribution in [1.29, 1.82) is 0 Å². The molecule has 148 heavy (non-hydrogen) atoms. The third-order valence-corrected chi connectivity index (χ3v) is 20.2. The van der Waals surface area contributed by atoms with E-state index >= 15 is 38.4 Å². The van der Waals surface area contributed by atoms with Crippen LogP contribution < -0.4 is 53.2 Å². The summed E-state index contributed by atoms with van der Waals surface area (Å²) in [7, 11) is 0. The van der Waals surface area contributed by atoms with Gasteiger partial charge in [-0.25, -0.2) is 9.59 Å². The number of carboxylic acids is 1. The second-order valence-corrected chi connectivity index (χ2v) is 46.2. The van der Waals surface area contributed by atoms with E-state index in [2.05, 4.69) is 53.2 Å². The van der Waals surface area contributed by atoms with Crippen LogP contribution in [0.25, 0.3) is 11.1 Å². The van der Waals surface area contributed by atoms with Crippen LogP contribution in [0.1, 0.15) is 353 Å². The number of carboxylic acid groups (broad SMARTS) is 1. The molecule has 0 bridgehead atoms. The Kier molecular flexibility index (Phi) is 49.3. The van der Waals surface area contributed by atoms with Crippen molar-refractivity contribution in [3.8, 4) is 11.1 Å². The predicted octanol–water partition coefficient (Wildman–Crippen LogP) is 9.56. The van der Waals surface area contributed by atoms with Gasteiger partial charge in [0.2, 0.25) is 53.2 Å². The van der Waals surface area contributed by atoms with Gasteiger partial charge in [-0.05, 0) is 294 Å². The van der Waals surface area contributed by atoms with E-state index in [1.807, 2.05) is 48.5 Å². The van der Waals surface area contributed by atoms with Crippen molar-refractivity contribution < 1.29 is 158 Å². The highest BCUT2D eigenvalue weighted by atomic mass is 16.6. The van der Waals surface area contributed by atoms with Crippen molar-refractivity contribution in [1.82, 2.24) is 53.2 Å². The first-order chi connectivity index (χ1) is 67.6. The fourth-order valence-corrected chi connectivity index (χ4v) is 14.5. The van der Waals surface area contributed by atoms with Crippen LogP contribution in [0, 0.1) is 0 Å². The zero-order chi connectivity index (χ0) is 113. The van der Waals surface area contributed by atoms with E-state index in [-0.39, 0.29) is 6.61 Å². The van der Waals surface area contributed by atoms with E-state index in [0.717, 1.165) is 22.3 Å². The van der Waals surface area contributed by atoms with Crippen LogP contribution in [0.5, 0.6) is 0 Å². The number of hydrogen-bond donors (Lipinski definition) is 11. The molecule has 10 atom stereocenters. The maximum Gasteiger partial charge on any atom is 0.407 e. The van der Waals surface area contributed by atoms with E-state index in [9.17, 15) is 67.4 Å². The first-order valence-electron chi connectivity index (χ1n) is 49.9. The summed E-state index contributed by atoms with van der Waals surface area (Å²) in [6.45, 7) is 46.0. The van der Waals surface area contributed by atoms with Crippen molar-refractivity contribution in [2.75, 3.05) is 6.61 Å². The number of aliphatic carboxylic acids is 1. The van der Waals surface area contributed by atoms with Crippen LogP contribution in [0.2, 0.25) is 0 Å². The fraction of sp³-hybridized carbons (Fsp3) is 0.686. The molecule has 2 aromatic carbocycles. The van der Waals surface area contributed by atoms with Gasteiger partial charge < -0.3 is 110 Å². The predicted molar refractivity (Wildman–Crippen MR) is 538 cm³/mol. The van der Waals surface area contributed by atoms with Gasteiger partial charge in [0.25, 0.3) is 0 Å². The number of rotatable bonds is 52. The number of benzene rings is 2. The molecule has 830 valence electrons. The minimum absolute atomic E-state index is 0.237. The zero-order valence-electron chi connectivity index (χ0n) is 91.8. The summed E-state index contributed by atoms with van der Waals surface area (Å²) in [4.78, 5) is 300. The average molecular weight is 2090 g/mol. The van der Waals surface area contributed by atoms with E-state index in [0.29, 0.717) is 0 Å². The molecular weight excluding hydrogens is 1930 g/mol. The number of alkyl carbamates (subject to hydrolysis) is 1. The molecule has 0 aliphatic heterocycles. The topological polar surface area (TPSA) is 601 Å². The van der Waals surface area contributed by atoms with Gasteiger partial charge in [0.05, 0.1) is 0 Å². The third kappa shape index (κ3) is 54.7. The highest BCUT2D eigenvalue weighted by molar-refractivity contribution is 6.00. The molecule has 2 aromatic rings. The summed E-state index contributed by atoms with van der Waals surface area (Å²) in [5.74, 6) is -22.9. The number of carbonyl (C=O) groups is 21. The Hall–Kier alpha value is -12.9. The van der Waals surface area contributed by atoms with Crippen LogP contribution in [-0.2, 0) is 148 Å². The molecule has 0 spiro atoms. The summed E-state index contributed by atoms with van der Waals surface area (Å²) < 4.78 is 61.2. The van der Waals surface area contributed by atoms with Gasteiger partial charge in [-0.3, -0.25) is 91.1 Å². The molecule has 0 unspecified atom stereocenters. The standard InChI is InChI=1S/C105H162N10O33/c1-96(2,3)139-75(116)49-39-65(85(126)106-66(40-50-76(117)140-97(4,5)6)86(127)108-68(42-52-78(119)142-99(10,11)12)88(129)110-70(44-54-80(121)144-101(16,17)18)90(131)112-72(46-56-82(123)146-103(22,23)24)92(133)114-74(94(135)136)48-58-84(125)148-105(28,29)30)107-87(128)67(41-51-77(118)141-98(7,8)9)109-89(130)69(43-53-79(120)143-100(13,14)15)111-91(132)71(45-55-81(122)145-102(19,20)21)113-93(134)73(47-57-83(124)147-104(25,26)27)115-95(137)138-59-64-62-37-33-31-35-60(62)61-36-32-34-38-63(61)64/h31-38,64-74H,39-59H2,1-30H3,(H,106,126)(H,107,128)(H,108,127)(H,109,130)(H,110,129)(H,111,132)(H,112,131)(H,113,134)(H,114,133)(H,115,137)(H,135,136)/t65-,66-,67-,68-,69-,70-,71-,72-,73-,74-/m0/s1. The van der Waals surface area contributed by atoms with Gasteiger partial charge in [-0.15, -0.1) is 0 Å². The van der Waals surface area contributed by atoms with Gasteiger partial charge in [-0.1, -0.05) is 48.5 Å². The molecular formula is C105H162N10O33. The second kappa shape index (κ2) is 56.5. The second-order valence-electron chi connectivity index (χ2n) is 46.2. The Balaban J connectivity index is 2.40. The molecule has 0 radical (unpaired) electrons. The Morgan fingerprint density at radius 2 is 0.351 bits per heavy atom. The quantitative estimate of drug-likeness (QED) is 0.0217. The van der Waals surface area contributed by atoms with Crippen LogP contribution in [-0.4, -0.2) is 253 Å². The number of ether oxygens (including phenoxy) is 11. The largest absolute Gasteiger partial charge is 0.480 e. The smallest absolute Gasteiger partial charge is 0.407 e. The summed E-state index contributed by atoms with van der Waals surface area (Å²) in [6.07, 6.45) is -14.3. The molecule has 10 amide bonds. The van der Waals surface area contributed by atoms with Crippen molar-refractivity contribution in [2.24, 2.45) is 0 Å². The number of carbonyl (C=O) groups excluding carboxylic acids is 20. The first-order valence-corrected chi connectivity index (χ1v) is 49.9. The highest BCUT2D eigenvalue weighted by Crippen LogP contribution is 2.45. The number of hydrogen-bond acceptors (Lipinski definition) is 32. The van der Waals surface area contributed by atoms with Gasteiger partial charge >= 0.3 is 71.8 Å². The molecule has 0 saturated heterocycles. The first kappa shape index (κ1) is 129. The summed E-state index contributed by atoms with van der Waals surface area (Å²) in [6, 6.07) is -4.55. The molecule has 43 heteroatoms. The van der Waals surface area contributed by atoms with Gasteiger partial charge in [0.1, 0.15) is 123 Å². The number of fused-ring (bicyclic) bond motifs is 3. The summed E-state index contributed by atoms with van der Waals surface area (Å²) in [5.41, 5.74) is -7.71. The van der Waals surface area contributed by atoms with Gasteiger partial charge in [0, 0.05) is 70.1 Å². The number of nitrogens with one attached hydrogen (secondary N) is 10. The maximum absolute atomic E-state index is 15.6. The van der Waals surface area contributed by atoms with Crippen LogP contribution in [0.3, 0.4) is 0 Å². The lowest BCUT2D eigenvalue weighted by Crippen LogP contribution is -2.60. The Morgan fingerprint density at radius 3 is 0.500 bits per heavy atom. The van der Waals surface area contributed by atoms with Crippen molar-refractivity contribution in [3.63, 3.8) is 0 Å². The van der Waals surface area contributed by atoms with E-state index in [1.165, 1.54) is 125 Å². The molecule has 43 nitrogen and oxygen atoms in total. The zero-order valence-corrected chi connectivity index (χ0v) is 91.8. The van der Waals surface area contributed by atoms with Gasteiger partial charge in [0.15, 0.2) is 0 Å². The molecule has 0 aromatic heterocycles. The number of amides is 10. The van der Waals surface area contributed by atoms with Gasteiger partial charge in [-0.2, -0.15) is 0 Å². The third-order valence-electron chi connectivity index (χ3n) is 20.2. The summed E-state index contributed by atoms with van der Waals surface area (Å²) in [5, 5.41) is 34.9. The molecule has 0 heterocycles. The van der Waals surface area contributed by atoms with E-state index in [1.54, 1.807) is 83.1 Å². The molecule has 1 aliphatic rings. The van der Waals surface area contributed by atoms with Crippen molar-refractivity contribution >= 4 is 125 Å². The molecule has 0 fully saturated rings. The lowest BCUT2D eigenvalue weighted by molar-refractivity contribution is -0.157. The molecule has 3 rings (SSSR count). The maximum atomic E-state index is 15.6. The lowest BCUT2D eigenvalue weighted by atomic mass is 9.98. The Morgan fingerprint density at radius 1 is 0.216 bits per heavy atom. The van der Waals surface area contributed by atoms with Crippen molar-refractivity contribution in [2.45, 2.75) is 458 Å². The summed E-state index contributed by atoms with van der Waals surface area (Å²) >= 11 is 0. The molecule has 11 N–H and O–H groups in total. The highest BCUT2D eigenvalue weighted by Gasteiger charge is 2.42. The van der Waals surface area contributed by atoms with Crippen LogP contribution in [0.4, 0.5) is 4.79 Å². The van der Waals surface area contributed by atoms with Crippen LogP contribution >= 0.6 is 0 Å². The van der Waals surface area contributed by atoms with E-state index < -0.39 is 376 Å². The molecule has 1 aliphatic carbocycles. The van der Waals surface area contributed by atoms with Crippen LogP contribution in [0.15, 0.2) is 48.5 Å². The fourth-order valence-electron chi connectivity index (χ4n) is 14.5. The Bertz CT molecular complexity index is 4880. The molecule has 0 saturated carbocycles. The SMILES string of the molecule is CC(C)(C)OC(=O)CC[C@H](NC(=O)[C@H](CCC(=O)OC(C)(C)C)NC(=O)[C@H](CCC(=O)OC(C)(C)C)NC(=O)[C@H](CCC(=O)OC(C)(C)C)NC(=O)[C@H](CCC(=O)OC(C)(C)C)NC(=O)[C@H](CCC(=O)OC(C)(C)C)NC(=O)[C@H](CCC(=O)OC(C)(C)C)NC(=O)[C@H](CCC(=O)OC(C)(C)C)NC(=O)[C@H](CCC(=O)OC(C)(C)C)NC(=O)[C@H](CCC(=O)OC(C)(C)C)NC(=O)OCC1c2ccccc2-c2ccccc21)C(=O)O. The normalized spacial score (nSPS) is 14.5. The monoisotopic (exact) mass is 2090 g/mol.